The molecule has 0 saturated heterocycles. The summed E-state index contributed by atoms with van der Waals surface area (Å²) < 4.78 is 26.9. The Labute approximate surface area is 193 Å². The van der Waals surface area contributed by atoms with Crippen LogP contribution >= 0.6 is 0 Å². The molecule has 10 heteroatoms. The average Bonchev–Trinajstić information content (AvgIpc) is 3.20. The number of nitrogens with one attached hydrogen (secondary N) is 3. The van der Waals surface area contributed by atoms with E-state index in [1.54, 1.807) is 13.8 Å². The Bertz CT molecular complexity index is 1220. The summed E-state index contributed by atoms with van der Waals surface area (Å²) in [6.45, 7) is 7.78. The molecule has 1 atom stereocenters. The number of hydrogen-bond acceptors (Lipinski definition) is 5. The topological polar surface area (TPSA) is 124 Å². The molecule has 0 aliphatic rings. The fourth-order valence-electron chi connectivity index (χ4n) is 3.48. The minimum Gasteiger partial charge on any atom is -0.340 e. The molecule has 0 aliphatic heterocycles. The number of hydrogen-bond donors (Lipinski definition) is 3. The van der Waals surface area contributed by atoms with Crippen molar-refractivity contribution in [2.45, 2.75) is 38.6 Å². The van der Waals surface area contributed by atoms with Crippen LogP contribution in [-0.4, -0.2) is 53.6 Å². The molecule has 33 heavy (non-hydrogen) atoms. The summed E-state index contributed by atoms with van der Waals surface area (Å²) >= 11 is 0. The van der Waals surface area contributed by atoms with Gasteiger partial charge >= 0.3 is 0 Å². The lowest BCUT2D eigenvalue weighted by molar-refractivity contribution is -0.118. The van der Waals surface area contributed by atoms with Gasteiger partial charge < -0.3 is 10.3 Å². The van der Waals surface area contributed by atoms with E-state index in [1.807, 2.05) is 38.1 Å². The van der Waals surface area contributed by atoms with Gasteiger partial charge in [0.1, 0.15) is 6.04 Å². The quantitative estimate of drug-likeness (QED) is 0.443. The highest BCUT2D eigenvalue weighted by molar-refractivity contribution is 7.89. The molecule has 2 amide bonds. The third-order valence-electron chi connectivity index (χ3n) is 5.31. The molecule has 0 bridgehead atoms. The molecule has 9 nitrogen and oxygen atoms in total. The van der Waals surface area contributed by atoms with Crippen LogP contribution in [0.25, 0.3) is 11.0 Å². The predicted octanol–water partition coefficient (Wildman–Crippen LogP) is 2.99. The average molecular weight is 472 g/mol. The number of rotatable bonds is 9. The summed E-state index contributed by atoms with van der Waals surface area (Å²) in [5.74, 6) is -0.899. The van der Waals surface area contributed by atoms with E-state index in [2.05, 4.69) is 20.6 Å². The van der Waals surface area contributed by atoms with E-state index in [0.717, 1.165) is 5.52 Å². The molecule has 1 aromatic heterocycles. The molecule has 0 aliphatic carbocycles. The second-order valence-corrected chi connectivity index (χ2v) is 9.84. The maximum Gasteiger partial charge on any atom is 0.251 e. The standard InChI is InChI=1S/C23H29N5O4S/c1-5-28(6-2)33(31,32)17-11-9-10-16(14-17)21(29)26-20(15(3)4)22(30)27-23-24-18-12-7-8-13-19(18)25-23/h7-15,20H,5-6H2,1-4H3,(H,26,29)(H2,24,25,27,30)/t20-/m1/s1. The van der Waals surface area contributed by atoms with Gasteiger partial charge in [0.25, 0.3) is 5.91 Å². The smallest absolute Gasteiger partial charge is 0.251 e. The van der Waals surface area contributed by atoms with Crippen LogP contribution in [-0.2, 0) is 14.8 Å². The number of amides is 2. The highest BCUT2D eigenvalue weighted by atomic mass is 32.2. The van der Waals surface area contributed by atoms with Gasteiger partial charge in [0.05, 0.1) is 15.9 Å². The van der Waals surface area contributed by atoms with Crippen molar-refractivity contribution in [3.8, 4) is 0 Å². The summed E-state index contributed by atoms with van der Waals surface area (Å²) in [5, 5.41) is 5.43. The first-order chi connectivity index (χ1) is 15.7. The zero-order chi connectivity index (χ0) is 24.2. The SMILES string of the molecule is CCN(CC)S(=O)(=O)c1cccc(C(=O)N[C@@H](C(=O)Nc2nc3ccccc3[nH]2)C(C)C)c1. The number of nitrogens with zero attached hydrogens (tertiary/aromatic N) is 2. The fraction of sp³-hybridized carbons (Fsp3) is 0.348. The number of aromatic amines is 1. The van der Waals surface area contributed by atoms with Gasteiger partial charge in [0, 0.05) is 18.7 Å². The minimum atomic E-state index is -3.71. The number of aromatic nitrogens is 2. The number of carbonyl (C=O) groups excluding carboxylic acids is 2. The number of H-pyrrole nitrogens is 1. The Hall–Kier alpha value is -3.24. The van der Waals surface area contributed by atoms with Crippen LogP contribution in [0.1, 0.15) is 38.1 Å². The van der Waals surface area contributed by atoms with Crippen LogP contribution in [0.15, 0.2) is 53.4 Å². The Kier molecular flexibility index (Phi) is 7.50. The Morgan fingerprint density at radius 3 is 2.39 bits per heavy atom. The summed E-state index contributed by atoms with van der Waals surface area (Å²) in [7, 11) is -3.71. The lowest BCUT2D eigenvalue weighted by Crippen LogP contribution is -2.47. The van der Waals surface area contributed by atoms with E-state index in [1.165, 1.54) is 28.6 Å². The lowest BCUT2D eigenvalue weighted by atomic mass is 10.0. The summed E-state index contributed by atoms with van der Waals surface area (Å²) in [6, 6.07) is 12.3. The fourth-order valence-corrected chi connectivity index (χ4v) is 4.98. The molecule has 0 saturated carbocycles. The van der Waals surface area contributed by atoms with E-state index < -0.39 is 27.9 Å². The first-order valence-corrected chi connectivity index (χ1v) is 12.3. The molecule has 1 heterocycles. The monoisotopic (exact) mass is 471 g/mol. The second-order valence-electron chi connectivity index (χ2n) is 7.90. The van der Waals surface area contributed by atoms with E-state index in [9.17, 15) is 18.0 Å². The first kappa shape index (κ1) is 24.4. The number of benzene rings is 2. The van der Waals surface area contributed by atoms with Gasteiger partial charge in [-0.2, -0.15) is 4.31 Å². The van der Waals surface area contributed by atoms with Gasteiger partial charge in [-0.3, -0.25) is 14.9 Å². The zero-order valence-electron chi connectivity index (χ0n) is 19.1. The molecule has 3 aromatic rings. The summed E-state index contributed by atoms with van der Waals surface area (Å²) in [4.78, 5) is 33.2. The van der Waals surface area contributed by atoms with Crippen LogP contribution in [0.4, 0.5) is 5.95 Å². The maximum absolute atomic E-state index is 12.9. The van der Waals surface area contributed by atoms with Crippen molar-refractivity contribution in [1.82, 2.24) is 19.6 Å². The van der Waals surface area contributed by atoms with Gasteiger partial charge in [0.15, 0.2) is 0 Å². The summed E-state index contributed by atoms with van der Waals surface area (Å²) in [6.07, 6.45) is 0. The lowest BCUT2D eigenvalue weighted by Gasteiger charge is -2.22. The van der Waals surface area contributed by atoms with Crippen molar-refractivity contribution >= 4 is 38.8 Å². The van der Waals surface area contributed by atoms with Gasteiger partial charge in [-0.1, -0.05) is 45.9 Å². The zero-order valence-corrected chi connectivity index (χ0v) is 19.9. The number of sulfonamides is 1. The highest BCUT2D eigenvalue weighted by Gasteiger charge is 2.27. The van der Waals surface area contributed by atoms with Crippen LogP contribution in [0.2, 0.25) is 0 Å². The molecule has 176 valence electrons. The Morgan fingerprint density at radius 2 is 1.76 bits per heavy atom. The van der Waals surface area contributed by atoms with Crippen molar-refractivity contribution in [3.05, 3.63) is 54.1 Å². The van der Waals surface area contributed by atoms with Crippen LogP contribution in [0.5, 0.6) is 0 Å². The highest BCUT2D eigenvalue weighted by Crippen LogP contribution is 2.18. The first-order valence-electron chi connectivity index (χ1n) is 10.8. The minimum absolute atomic E-state index is 0.0340. The van der Waals surface area contributed by atoms with Gasteiger partial charge in [-0.15, -0.1) is 0 Å². The van der Waals surface area contributed by atoms with Gasteiger partial charge in [-0.25, -0.2) is 13.4 Å². The van der Waals surface area contributed by atoms with Gasteiger partial charge in [0.2, 0.25) is 21.9 Å². The third kappa shape index (κ3) is 5.40. The predicted molar refractivity (Wildman–Crippen MR) is 127 cm³/mol. The third-order valence-corrected chi connectivity index (χ3v) is 7.35. The molecule has 0 unspecified atom stereocenters. The molecular formula is C23H29N5O4S. The maximum atomic E-state index is 12.9. The number of carbonyl (C=O) groups is 2. The van der Waals surface area contributed by atoms with Crippen LogP contribution in [0.3, 0.4) is 0 Å². The van der Waals surface area contributed by atoms with Crippen molar-refractivity contribution in [3.63, 3.8) is 0 Å². The second kappa shape index (κ2) is 10.1. The van der Waals surface area contributed by atoms with Crippen molar-refractivity contribution in [1.29, 1.82) is 0 Å². The van der Waals surface area contributed by atoms with Crippen molar-refractivity contribution in [2.24, 2.45) is 5.92 Å². The van der Waals surface area contributed by atoms with Crippen molar-refractivity contribution < 1.29 is 18.0 Å². The van der Waals surface area contributed by atoms with Crippen molar-refractivity contribution in [2.75, 3.05) is 18.4 Å². The molecule has 0 radical (unpaired) electrons. The Morgan fingerprint density at radius 1 is 1.06 bits per heavy atom. The normalized spacial score (nSPS) is 12.8. The number of anilines is 1. The Balaban J connectivity index is 1.78. The molecule has 2 aromatic carbocycles. The molecule has 0 spiro atoms. The number of para-hydroxylation sites is 2. The number of fused-ring (bicyclic) bond motifs is 1. The van der Waals surface area contributed by atoms with Crippen LogP contribution in [0, 0.1) is 5.92 Å². The van der Waals surface area contributed by atoms with E-state index in [-0.39, 0.29) is 22.3 Å². The van der Waals surface area contributed by atoms with Gasteiger partial charge in [-0.05, 0) is 36.2 Å². The molecule has 3 N–H and O–H groups in total. The molecule has 0 fully saturated rings. The summed E-state index contributed by atoms with van der Waals surface area (Å²) in [5.41, 5.74) is 1.65. The molecule has 3 rings (SSSR count). The largest absolute Gasteiger partial charge is 0.340 e. The molecular weight excluding hydrogens is 442 g/mol. The number of imidazole rings is 1. The van der Waals surface area contributed by atoms with E-state index >= 15 is 0 Å². The van der Waals surface area contributed by atoms with E-state index in [4.69, 9.17) is 0 Å². The van der Waals surface area contributed by atoms with E-state index in [0.29, 0.717) is 18.6 Å². The van der Waals surface area contributed by atoms with Crippen LogP contribution < -0.4 is 10.6 Å².